The fourth-order valence-electron chi connectivity index (χ4n) is 3.77. The lowest BCUT2D eigenvalue weighted by molar-refractivity contribution is -0.132. The number of aliphatic hydroxyl groups is 1. The molecule has 1 aliphatic heterocycles. The summed E-state index contributed by atoms with van der Waals surface area (Å²) in [5, 5.41) is 20.0. The van der Waals surface area contributed by atoms with Crippen molar-refractivity contribution in [3.63, 3.8) is 0 Å². The quantitative estimate of drug-likeness (QED) is 0.111. The van der Waals surface area contributed by atoms with E-state index in [0.29, 0.717) is 31.8 Å². The number of amides is 1. The van der Waals surface area contributed by atoms with Gasteiger partial charge >= 0.3 is 5.91 Å². The van der Waals surface area contributed by atoms with Gasteiger partial charge in [-0.2, -0.15) is 0 Å². The van der Waals surface area contributed by atoms with Crippen LogP contribution in [-0.2, 0) is 15.3 Å². The van der Waals surface area contributed by atoms with Crippen LogP contribution in [0.15, 0.2) is 83.0 Å². The molecule has 1 fully saturated rings. The fourth-order valence-corrected chi connectivity index (χ4v) is 5.75. The van der Waals surface area contributed by atoms with Gasteiger partial charge in [0, 0.05) is 28.7 Å². The number of Topliss-reactive ketones (excluding diaryl/α,β-unsaturated/α-hetero) is 1. The summed E-state index contributed by atoms with van der Waals surface area (Å²) in [5.74, 6) is -2.01. The topological polar surface area (TPSA) is 96.3 Å². The maximum atomic E-state index is 14.0. The van der Waals surface area contributed by atoms with Crippen LogP contribution in [0.5, 0.6) is 0 Å². The molecule has 3 heterocycles. The second-order valence-corrected chi connectivity index (χ2v) is 10.3. The number of halogens is 2. The van der Waals surface area contributed by atoms with Gasteiger partial charge in [0.1, 0.15) is 11.6 Å². The van der Waals surface area contributed by atoms with Crippen molar-refractivity contribution in [2.24, 2.45) is 0 Å². The number of nitrogens with zero attached hydrogens (tertiary/aromatic N) is 4. The fraction of sp³-hybridized carbons (Fsp3) is 0.0800. The van der Waals surface area contributed by atoms with Crippen molar-refractivity contribution in [1.82, 2.24) is 15.2 Å². The van der Waals surface area contributed by atoms with Crippen molar-refractivity contribution in [1.29, 1.82) is 0 Å². The van der Waals surface area contributed by atoms with E-state index >= 15 is 0 Å². The lowest BCUT2D eigenvalue weighted by Crippen LogP contribution is -2.29. The Balaban J connectivity index is 1.53. The van der Waals surface area contributed by atoms with Gasteiger partial charge in [-0.15, -0.1) is 10.2 Å². The first-order chi connectivity index (χ1) is 17.4. The van der Waals surface area contributed by atoms with E-state index in [1.54, 1.807) is 54.6 Å². The normalized spacial score (nSPS) is 17.1. The first-order valence-electron chi connectivity index (χ1n) is 10.6. The van der Waals surface area contributed by atoms with E-state index in [9.17, 15) is 19.1 Å². The summed E-state index contributed by atoms with van der Waals surface area (Å²) >= 11 is 8.34. The summed E-state index contributed by atoms with van der Waals surface area (Å²) in [7, 11) is 0. The molecule has 36 heavy (non-hydrogen) atoms. The molecule has 1 unspecified atom stereocenters. The second kappa shape index (κ2) is 10.2. The standard InChI is InChI=1S/C25H16ClFN4O3S2/c26-17-7-5-15(6-8-17)21(32)19-20(14-9-11-28-12-10-14)31(23(34)22(19)33)24-29-30-25(36-24)35-13-16-3-1-2-4-18(16)27/h1-12,20,32H,13H2/b21-19-. The number of ketones is 1. The number of hydrogen-bond acceptors (Lipinski definition) is 8. The molecule has 5 rings (SSSR count). The Labute approximate surface area is 218 Å². The van der Waals surface area contributed by atoms with Crippen molar-refractivity contribution < 1.29 is 19.1 Å². The Kier molecular flexibility index (Phi) is 6.82. The van der Waals surface area contributed by atoms with E-state index in [4.69, 9.17) is 11.6 Å². The van der Waals surface area contributed by atoms with Crippen LogP contribution in [0.1, 0.15) is 22.7 Å². The predicted octanol–water partition coefficient (Wildman–Crippen LogP) is 5.64. The maximum absolute atomic E-state index is 14.0. The van der Waals surface area contributed by atoms with Crippen molar-refractivity contribution in [3.05, 3.63) is 106 Å². The van der Waals surface area contributed by atoms with Gasteiger partial charge < -0.3 is 5.11 Å². The highest BCUT2D eigenvalue weighted by Crippen LogP contribution is 2.44. The van der Waals surface area contributed by atoms with Crippen molar-refractivity contribution >= 4 is 57.3 Å². The van der Waals surface area contributed by atoms with E-state index in [1.165, 1.54) is 35.1 Å². The van der Waals surface area contributed by atoms with Crippen molar-refractivity contribution in [2.75, 3.05) is 4.90 Å². The highest BCUT2D eigenvalue weighted by atomic mass is 35.5. The average Bonchev–Trinajstić information content (AvgIpc) is 3.46. The molecule has 1 atom stereocenters. The summed E-state index contributed by atoms with van der Waals surface area (Å²) in [4.78, 5) is 31.6. The number of carbonyl (C=O) groups excluding carboxylic acids is 2. The third-order valence-electron chi connectivity index (χ3n) is 5.49. The molecule has 1 amide bonds. The summed E-state index contributed by atoms with van der Waals surface area (Å²) < 4.78 is 14.5. The summed E-state index contributed by atoms with van der Waals surface area (Å²) in [5.41, 5.74) is 1.34. The largest absolute Gasteiger partial charge is 0.507 e. The molecule has 7 nitrogen and oxygen atoms in total. The van der Waals surface area contributed by atoms with E-state index in [0.717, 1.165) is 11.3 Å². The smallest absolute Gasteiger partial charge is 0.301 e. The Hall–Kier alpha value is -3.60. The number of aliphatic hydroxyl groups excluding tert-OH is 1. The van der Waals surface area contributed by atoms with Crippen LogP contribution >= 0.6 is 34.7 Å². The summed E-state index contributed by atoms with van der Waals surface area (Å²) in [6.45, 7) is 0. The van der Waals surface area contributed by atoms with Crippen molar-refractivity contribution in [2.45, 2.75) is 16.1 Å². The zero-order valence-corrected chi connectivity index (χ0v) is 20.7. The van der Waals surface area contributed by atoms with Crippen LogP contribution in [-0.4, -0.2) is 32.0 Å². The minimum atomic E-state index is -0.943. The van der Waals surface area contributed by atoms with E-state index in [1.807, 2.05) is 0 Å². The zero-order chi connectivity index (χ0) is 25.2. The van der Waals surface area contributed by atoms with Crippen LogP contribution in [0.3, 0.4) is 0 Å². The number of benzene rings is 2. The van der Waals surface area contributed by atoms with Gasteiger partial charge in [0.05, 0.1) is 11.6 Å². The van der Waals surface area contributed by atoms with E-state index < -0.39 is 17.7 Å². The van der Waals surface area contributed by atoms with Gasteiger partial charge in [0.2, 0.25) is 5.13 Å². The number of hydrogen-bond donors (Lipinski definition) is 1. The maximum Gasteiger partial charge on any atom is 0.301 e. The molecule has 2 aromatic heterocycles. The molecule has 0 radical (unpaired) electrons. The Morgan fingerprint density at radius 1 is 1.06 bits per heavy atom. The minimum absolute atomic E-state index is 0.0794. The van der Waals surface area contributed by atoms with Gasteiger partial charge in [0.25, 0.3) is 5.78 Å². The highest BCUT2D eigenvalue weighted by molar-refractivity contribution is 8.00. The molecule has 2 aromatic carbocycles. The Morgan fingerprint density at radius 2 is 1.78 bits per heavy atom. The van der Waals surface area contributed by atoms with Gasteiger partial charge in [-0.3, -0.25) is 19.5 Å². The number of aromatic nitrogens is 3. The Bertz CT molecular complexity index is 1480. The average molecular weight is 539 g/mol. The lowest BCUT2D eigenvalue weighted by atomic mass is 9.96. The van der Waals surface area contributed by atoms with Gasteiger partial charge in [-0.05, 0) is 53.6 Å². The highest BCUT2D eigenvalue weighted by Gasteiger charge is 2.48. The molecule has 0 aliphatic carbocycles. The summed E-state index contributed by atoms with van der Waals surface area (Å²) in [6, 6.07) is 15.1. The molecule has 11 heteroatoms. The van der Waals surface area contributed by atoms with Gasteiger partial charge in [0.15, 0.2) is 4.34 Å². The van der Waals surface area contributed by atoms with Crippen LogP contribution < -0.4 is 4.90 Å². The number of pyridine rings is 1. The van der Waals surface area contributed by atoms with Crippen LogP contribution in [0.2, 0.25) is 5.02 Å². The number of rotatable bonds is 6. The number of anilines is 1. The first-order valence-corrected chi connectivity index (χ1v) is 12.8. The molecular weight excluding hydrogens is 523 g/mol. The van der Waals surface area contributed by atoms with Crippen LogP contribution in [0, 0.1) is 5.82 Å². The molecule has 180 valence electrons. The third kappa shape index (κ3) is 4.62. The second-order valence-electron chi connectivity index (χ2n) is 7.69. The van der Waals surface area contributed by atoms with Crippen LogP contribution in [0.25, 0.3) is 5.76 Å². The number of thioether (sulfide) groups is 1. The van der Waals surface area contributed by atoms with Crippen LogP contribution in [0.4, 0.5) is 9.52 Å². The molecule has 1 N–H and O–H groups in total. The molecule has 1 aliphatic rings. The summed E-state index contributed by atoms with van der Waals surface area (Å²) in [6.07, 6.45) is 3.07. The predicted molar refractivity (Wildman–Crippen MR) is 136 cm³/mol. The molecule has 1 saturated heterocycles. The zero-order valence-electron chi connectivity index (χ0n) is 18.3. The monoisotopic (exact) mass is 538 g/mol. The molecule has 0 bridgehead atoms. The SMILES string of the molecule is O=C1C(=O)N(c2nnc(SCc3ccccc3F)s2)C(c2ccncc2)/C1=C(/O)c1ccc(Cl)cc1. The van der Waals surface area contributed by atoms with E-state index in [-0.39, 0.29) is 22.3 Å². The molecule has 0 spiro atoms. The van der Waals surface area contributed by atoms with Gasteiger partial charge in [-0.25, -0.2) is 4.39 Å². The van der Waals surface area contributed by atoms with Gasteiger partial charge in [-0.1, -0.05) is 52.9 Å². The molecule has 4 aromatic rings. The molecular formula is C25H16ClFN4O3S2. The lowest BCUT2D eigenvalue weighted by Gasteiger charge is -2.22. The van der Waals surface area contributed by atoms with Crippen molar-refractivity contribution in [3.8, 4) is 0 Å². The first kappa shape index (κ1) is 24.1. The van der Waals surface area contributed by atoms with E-state index in [2.05, 4.69) is 15.2 Å². The minimum Gasteiger partial charge on any atom is -0.507 e. The number of carbonyl (C=O) groups is 2. The third-order valence-corrected chi connectivity index (χ3v) is 7.85. The molecule has 0 saturated carbocycles. The Morgan fingerprint density at radius 3 is 2.50 bits per heavy atom.